The minimum absolute atomic E-state index is 0.156. The van der Waals surface area contributed by atoms with E-state index in [1.807, 2.05) is 63.5 Å². The number of anilines is 4. The van der Waals surface area contributed by atoms with Crippen LogP contribution in [0.5, 0.6) is 0 Å². The lowest BCUT2D eigenvalue weighted by Crippen LogP contribution is -2.31. The standard InChI is InChI=1S/C22H31N3O2.2C21H27N3O3.C21H29N3O2/c1-4-27-22(26)19-15-24-20-17(3)13-16(2)14-18(20)21(19)23-9-8-12-25-10-6-5-7-11-25;1-4-27-21(26)17-13-23-19-15(3)11-14(2)12-16(19)20(17)22-8-6-10-24-9-5-7-18(24)25;1-4-27-21(26)17-13-23-19-15(3)11-14(2)12-16(19)20(17)22-8-7-18(25)24-9-5-6-10-24;1-4-26-21(25)18-14-23-19-16(3)12-15(2)13-17(19)20(18)22-8-7-11-24-9-5-6-10-24/h13-15H,4-12H2,1-3H3,(H,23,24);2*11-13H,4-10H2,1-3H3,(H,22,23);12-14H,4-11H2,1-3H3,(H,22,23). The van der Waals surface area contributed by atoms with E-state index in [9.17, 15) is 28.8 Å². The molecule has 0 aliphatic carbocycles. The van der Waals surface area contributed by atoms with Crippen LogP contribution in [0.2, 0.25) is 0 Å². The van der Waals surface area contributed by atoms with Gasteiger partial charge >= 0.3 is 23.9 Å². The van der Waals surface area contributed by atoms with Crippen molar-refractivity contribution >= 4 is 102 Å². The molecule has 0 unspecified atom stereocenters. The number of likely N-dealkylation sites (tertiary alicyclic amines) is 4. The summed E-state index contributed by atoms with van der Waals surface area (Å²) >= 11 is 0. The van der Waals surface area contributed by atoms with Gasteiger partial charge < -0.3 is 59.8 Å². The second-order valence-corrected chi connectivity index (χ2v) is 28.5. The van der Waals surface area contributed by atoms with Gasteiger partial charge in [0.25, 0.3) is 0 Å². The smallest absolute Gasteiger partial charge is 0.341 e. The Labute approximate surface area is 632 Å². The number of benzene rings is 4. The summed E-state index contributed by atoms with van der Waals surface area (Å²) in [6, 6.07) is 16.7. The SMILES string of the molecule is CCOC(=O)c1cnc2c(C)cc(C)cc2c1NCCC(=O)N1CCCC1.CCOC(=O)c1cnc2c(C)cc(C)cc2c1NCCCN1CCCC1.CCOC(=O)c1cnc2c(C)cc(C)cc2c1NCCCN1CCCC1=O.CCOC(=O)c1cnc2c(C)cc(C)cc2c1NCCCN1CCCCC1. The Bertz CT molecular complexity index is 4410. The molecule has 0 bridgehead atoms. The average Bonchev–Trinajstić information content (AvgIpc) is 1.68. The number of amides is 2. The molecule has 0 radical (unpaired) electrons. The average molecular weight is 1460 g/mol. The van der Waals surface area contributed by atoms with E-state index in [0.717, 1.165) is 191 Å². The molecule has 12 rings (SSSR count). The van der Waals surface area contributed by atoms with Gasteiger partial charge in [-0.15, -0.1) is 0 Å². The lowest BCUT2D eigenvalue weighted by Gasteiger charge is -2.26. The molecule has 4 N–H and O–H groups in total. The molecule has 0 saturated carbocycles. The van der Waals surface area contributed by atoms with Crippen molar-refractivity contribution in [3.05, 3.63) is 140 Å². The number of piperidine rings is 1. The van der Waals surface area contributed by atoms with E-state index in [2.05, 4.69) is 115 Å². The summed E-state index contributed by atoms with van der Waals surface area (Å²) in [7, 11) is 0. The van der Waals surface area contributed by atoms with E-state index in [1.54, 1.807) is 38.6 Å². The first-order valence-electron chi connectivity index (χ1n) is 39.0. The summed E-state index contributed by atoms with van der Waals surface area (Å²) in [6.07, 6.45) is 20.2. The number of hydrogen-bond acceptors (Lipinski definition) is 20. The lowest BCUT2D eigenvalue weighted by atomic mass is 10.0. The van der Waals surface area contributed by atoms with Gasteiger partial charge in [-0.25, -0.2) is 19.2 Å². The molecule has 22 nitrogen and oxygen atoms in total. The normalized spacial score (nSPS) is 14.4. The molecule has 4 aliphatic heterocycles. The molecule has 4 aliphatic rings. The maximum absolute atomic E-state index is 12.4. The Kier molecular flexibility index (Phi) is 30.8. The quantitative estimate of drug-likeness (QED) is 0.0212. The Hall–Kier alpha value is -9.54. The highest BCUT2D eigenvalue weighted by atomic mass is 16.5. The van der Waals surface area contributed by atoms with Gasteiger partial charge in [0, 0.05) is 112 Å². The molecule has 22 heteroatoms. The van der Waals surface area contributed by atoms with Crippen LogP contribution in [-0.4, -0.2) is 193 Å². The third-order valence-corrected chi connectivity index (χ3v) is 19.9. The van der Waals surface area contributed by atoms with Gasteiger partial charge in [-0.1, -0.05) is 52.9 Å². The predicted octanol–water partition coefficient (Wildman–Crippen LogP) is 15.1. The molecule has 0 atom stereocenters. The van der Waals surface area contributed by atoms with Crippen molar-refractivity contribution in [1.82, 2.24) is 39.5 Å². The van der Waals surface area contributed by atoms with Crippen molar-refractivity contribution in [2.75, 3.05) is 139 Å². The van der Waals surface area contributed by atoms with Crippen molar-refractivity contribution in [3.63, 3.8) is 0 Å². The van der Waals surface area contributed by atoms with E-state index in [-0.39, 0.29) is 29.7 Å². The zero-order valence-corrected chi connectivity index (χ0v) is 65.5. The van der Waals surface area contributed by atoms with Crippen LogP contribution in [0.1, 0.15) is 197 Å². The maximum Gasteiger partial charge on any atom is 0.341 e. The van der Waals surface area contributed by atoms with Crippen molar-refractivity contribution < 1.29 is 47.7 Å². The molecule has 8 heterocycles. The molecule has 4 aromatic heterocycles. The topological polar surface area (TPSA) is 252 Å². The molecule has 4 aromatic carbocycles. The van der Waals surface area contributed by atoms with E-state index >= 15 is 0 Å². The van der Waals surface area contributed by atoms with E-state index in [4.69, 9.17) is 18.9 Å². The number of carbonyl (C=O) groups excluding carboxylic acids is 6. The van der Waals surface area contributed by atoms with Gasteiger partial charge in [0.15, 0.2) is 0 Å². The van der Waals surface area contributed by atoms with Crippen molar-refractivity contribution in [3.8, 4) is 0 Å². The number of esters is 4. The molecule has 4 fully saturated rings. The van der Waals surface area contributed by atoms with E-state index in [0.29, 0.717) is 80.3 Å². The fourth-order valence-electron chi connectivity index (χ4n) is 14.9. The van der Waals surface area contributed by atoms with Crippen LogP contribution in [0.4, 0.5) is 22.7 Å². The molecular weight excluding hydrogens is 1350 g/mol. The van der Waals surface area contributed by atoms with Crippen LogP contribution in [0, 0.1) is 55.4 Å². The van der Waals surface area contributed by atoms with Crippen LogP contribution >= 0.6 is 0 Å². The van der Waals surface area contributed by atoms with Crippen molar-refractivity contribution in [1.29, 1.82) is 0 Å². The Morgan fingerprint density at radius 1 is 0.374 bits per heavy atom. The number of ether oxygens (including phenoxy) is 4. The number of nitrogens with zero attached hydrogens (tertiary/aromatic N) is 8. The second kappa shape index (κ2) is 40.4. The molecule has 574 valence electrons. The Morgan fingerprint density at radius 3 is 0.981 bits per heavy atom. The summed E-state index contributed by atoms with van der Waals surface area (Å²) in [5, 5.41) is 17.6. The van der Waals surface area contributed by atoms with Crippen LogP contribution in [0.25, 0.3) is 43.6 Å². The third-order valence-electron chi connectivity index (χ3n) is 19.9. The predicted molar refractivity (Wildman–Crippen MR) is 429 cm³/mol. The molecule has 107 heavy (non-hydrogen) atoms. The summed E-state index contributed by atoms with van der Waals surface area (Å²) in [5.74, 6) is -1.01. The van der Waals surface area contributed by atoms with Crippen LogP contribution in [0.3, 0.4) is 0 Å². The minimum atomic E-state index is -0.403. The van der Waals surface area contributed by atoms with Gasteiger partial charge in [-0.05, 0) is 233 Å². The first kappa shape index (κ1) is 81.5. The Balaban J connectivity index is 0.000000165. The Morgan fingerprint density at radius 2 is 0.673 bits per heavy atom. The molecule has 2 amide bonds. The fourth-order valence-corrected chi connectivity index (χ4v) is 14.9. The van der Waals surface area contributed by atoms with Crippen LogP contribution in [0.15, 0.2) is 73.3 Å². The highest BCUT2D eigenvalue weighted by Crippen LogP contribution is 2.35. The second-order valence-electron chi connectivity index (χ2n) is 28.5. The minimum Gasteiger partial charge on any atom is -0.462 e. The van der Waals surface area contributed by atoms with E-state index < -0.39 is 5.97 Å². The van der Waals surface area contributed by atoms with Gasteiger partial charge in [0.05, 0.1) is 71.2 Å². The summed E-state index contributed by atoms with van der Waals surface area (Å²) in [4.78, 5) is 101. The molecular formula is C85H114N12O10. The number of aryl methyl sites for hydroxylation is 8. The lowest BCUT2D eigenvalue weighted by molar-refractivity contribution is -0.130. The monoisotopic (exact) mass is 1460 g/mol. The van der Waals surface area contributed by atoms with Gasteiger partial charge in [-0.2, -0.15) is 0 Å². The maximum atomic E-state index is 12.4. The first-order chi connectivity index (χ1) is 51.7. The third kappa shape index (κ3) is 22.1. The fraction of sp³-hybridized carbons (Fsp3) is 0.506. The largest absolute Gasteiger partial charge is 0.462 e. The first-order valence-corrected chi connectivity index (χ1v) is 39.0. The van der Waals surface area contributed by atoms with Crippen molar-refractivity contribution in [2.24, 2.45) is 0 Å². The highest BCUT2D eigenvalue weighted by Gasteiger charge is 2.25. The van der Waals surface area contributed by atoms with Crippen LogP contribution < -0.4 is 21.3 Å². The highest BCUT2D eigenvalue weighted by molar-refractivity contribution is 6.09. The molecule has 4 saturated heterocycles. The number of hydrogen-bond donors (Lipinski definition) is 4. The zero-order chi connectivity index (χ0) is 76.5. The summed E-state index contributed by atoms with van der Waals surface area (Å²) in [6.45, 7) is 38.0. The number of fused-ring (bicyclic) bond motifs is 4. The molecule has 8 aromatic rings. The number of rotatable bonds is 27. The van der Waals surface area contributed by atoms with Crippen molar-refractivity contribution in [2.45, 2.75) is 167 Å². The van der Waals surface area contributed by atoms with Crippen LogP contribution in [-0.2, 0) is 28.5 Å². The van der Waals surface area contributed by atoms with Gasteiger partial charge in [-0.3, -0.25) is 29.5 Å². The zero-order valence-electron chi connectivity index (χ0n) is 65.5. The van der Waals surface area contributed by atoms with E-state index in [1.165, 1.54) is 63.8 Å². The number of pyridine rings is 4. The number of aromatic nitrogens is 4. The molecule has 0 spiro atoms. The summed E-state index contributed by atoms with van der Waals surface area (Å²) < 4.78 is 20.9. The van der Waals surface area contributed by atoms with Gasteiger partial charge in [0.2, 0.25) is 11.8 Å². The number of carbonyl (C=O) groups is 6. The summed E-state index contributed by atoms with van der Waals surface area (Å²) in [5.41, 5.74) is 17.6. The van der Waals surface area contributed by atoms with Gasteiger partial charge in [0.1, 0.15) is 22.3 Å². The number of nitrogens with one attached hydrogen (secondary N) is 4.